The van der Waals surface area contributed by atoms with Crippen LogP contribution in [0.5, 0.6) is 5.75 Å². The fourth-order valence-electron chi connectivity index (χ4n) is 5.17. The van der Waals surface area contributed by atoms with E-state index in [4.69, 9.17) is 4.74 Å². The highest BCUT2D eigenvalue weighted by atomic mass is 16.5. The van der Waals surface area contributed by atoms with E-state index in [2.05, 4.69) is 28.9 Å². The van der Waals surface area contributed by atoms with Crippen LogP contribution in [0, 0.1) is 12.8 Å². The van der Waals surface area contributed by atoms with Crippen LogP contribution < -0.4 is 4.74 Å². The number of aryl methyl sites for hydroxylation is 1. The molecule has 1 aromatic carbocycles. The maximum Gasteiger partial charge on any atom is 0.122 e. The molecular weight excluding hydrogens is 260 g/mol. The van der Waals surface area contributed by atoms with E-state index in [-0.39, 0.29) is 0 Å². The van der Waals surface area contributed by atoms with E-state index < -0.39 is 0 Å². The van der Waals surface area contributed by atoms with Gasteiger partial charge in [0.2, 0.25) is 0 Å². The molecule has 1 aliphatic carbocycles. The molecule has 1 saturated carbocycles. The van der Waals surface area contributed by atoms with Crippen LogP contribution in [-0.2, 0) is 6.42 Å². The monoisotopic (exact) mass is 282 g/mol. The van der Waals surface area contributed by atoms with Crippen molar-refractivity contribution in [3.8, 4) is 5.75 Å². The fourth-order valence-corrected chi connectivity index (χ4v) is 5.17. The second kappa shape index (κ2) is 4.04. The third-order valence-electron chi connectivity index (χ3n) is 6.06. The van der Waals surface area contributed by atoms with Crippen molar-refractivity contribution in [2.75, 3.05) is 20.2 Å². The average Bonchev–Trinajstić information content (AvgIpc) is 3.14. The highest BCUT2D eigenvalue weighted by Gasteiger charge is 2.47. The van der Waals surface area contributed by atoms with E-state index in [0.717, 1.165) is 23.6 Å². The van der Waals surface area contributed by atoms with Gasteiger partial charge in [-0.15, -0.1) is 0 Å². The number of fused-ring (bicyclic) bond motifs is 5. The third-order valence-corrected chi connectivity index (χ3v) is 6.06. The predicted octanol–water partition coefficient (Wildman–Crippen LogP) is 3.22. The number of hydrogen-bond donors (Lipinski definition) is 1. The molecule has 5 rings (SSSR count). The van der Waals surface area contributed by atoms with Gasteiger partial charge in [0.25, 0.3) is 0 Å². The van der Waals surface area contributed by atoms with Crippen LogP contribution in [0.2, 0.25) is 0 Å². The number of aromatic nitrogens is 1. The van der Waals surface area contributed by atoms with Crippen molar-refractivity contribution in [1.29, 1.82) is 0 Å². The summed E-state index contributed by atoms with van der Waals surface area (Å²) < 4.78 is 5.54. The number of benzene rings is 1. The number of nitrogens with one attached hydrogen (secondary N) is 1. The summed E-state index contributed by atoms with van der Waals surface area (Å²) in [7, 11) is 1.77. The maximum absolute atomic E-state index is 5.54. The number of nitrogens with zero attached hydrogens (tertiary/aromatic N) is 1. The first-order chi connectivity index (χ1) is 10.2. The Morgan fingerprint density at radius 2 is 2.19 bits per heavy atom. The first kappa shape index (κ1) is 12.1. The largest absolute Gasteiger partial charge is 0.496 e. The summed E-state index contributed by atoms with van der Waals surface area (Å²) in [5.41, 5.74) is 5.61. The minimum atomic E-state index is 0.736. The third kappa shape index (κ3) is 1.53. The molecule has 1 saturated heterocycles. The number of ether oxygens (including phenoxy) is 1. The van der Waals surface area contributed by atoms with E-state index in [1.165, 1.54) is 54.5 Å². The molecule has 3 heterocycles. The lowest BCUT2D eigenvalue weighted by atomic mass is 9.93. The molecule has 2 aliphatic heterocycles. The summed E-state index contributed by atoms with van der Waals surface area (Å²) in [5, 5.41) is 1.39. The Balaban J connectivity index is 1.72. The normalized spacial score (nSPS) is 30.7. The van der Waals surface area contributed by atoms with Gasteiger partial charge in [0.05, 0.1) is 7.11 Å². The lowest BCUT2D eigenvalue weighted by Crippen LogP contribution is -2.36. The zero-order chi connectivity index (χ0) is 14.1. The molecule has 110 valence electrons. The molecule has 0 amide bonds. The predicted molar refractivity (Wildman–Crippen MR) is 84.1 cm³/mol. The highest BCUT2D eigenvalue weighted by Crippen LogP contribution is 2.50. The standard InChI is InChI=1S/C18H22N2O/c1-10-5-15-13(8-17(10)21-2)12-3-4-20-9-11-6-14(16(20)7-11)18(12)19-15/h5,8,11,14,16,19H,3-4,6-7,9H2,1-2H3/t11-,14+,16-/m0/s1. The van der Waals surface area contributed by atoms with Crippen LogP contribution in [0.15, 0.2) is 12.1 Å². The van der Waals surface area contributed by atoms with Gasteiger partial charge < -0.3 is 9.72 Å². The average molecular weight is 282 g/mol. The van der Waals surface area contributed by atoms with Crippen molar-refractivity contribution in [1.82, 2.24) is 9.88 Å². The molecule has 21 heavy (non-hydrogen) atoms. The first-order valence-electron chi connectivity index (χ1n) is 8.17. The van der Waals surface area contributed by atoms with E-state index in [1.807, 2.05) is 0 Å². The fraction of sp³-hybridized carbons (Fsp3) is 0.556. The lowest BCUT2D eigenvalue weighted by molar-refractivity contribution is 0.201. The molecule has 0 spiro atoms. The number of methoxy groups -OCH3 is 1. The summed E-state index contributed by atoms with van der Waals surface area (Å²) in [6, 6.07) is 5.30. The molecule has 3 nitrogen and oxygen atoms in total. The van der Waals surface area contributed by atoms with Gasteiger partial charge in [-0.25, -0.2) is 0 Å². The molecule has 1 N–H and O–H groups in total. The zero-order valence-corrected chi connectivity index (χ0v) is 12.8. The van der Waals surface area contributed by atoms with Crippen molar-refractivity contribution < 1.29 is 4.74 Å². The molecule has 3 atom stereocenters. The minimum absolute atomic E-state index is 0.736. The van der Waals surface area contributed by atoms with Gasteiger partial charge in [0.15, 0.2) is 0 Å². The van der Waals surface area contributed by atoms with Crippen LogP contribution in [0.25, 0.3) is 10.9 Å². The Bertz CT molecular complexity index is 732. The van der Waals surface area contributed by atoms with Crippen molar-refractivity contribution in [2.24, 2.45) is 5.92 Å². The number of aromatic amines is 1. The molecule has 2 fully saturated rings. The Kier molecular flexibility index (Phi) is 2.33. The zero-order valence-electron chi connectivity index (χ0n) is 12.8. The molecule has 0 unspecified atom stereocenters. The lowest BCUT2D eigenvalue weighted by Gasteiger charge is -2.30. The summed E-state index contributed by atoms with van der Waals surface area (Å²) in [6.07, 6.45) is 3.99. The quantitative estimate of drug-likeness (QED) is 0.870. The van der Waals surface area contributed by atoms with Gasteiger partial charge in [0.1, 0.15) is 5.75 Å². The first-order valence-corrected chi connectivity index (χ1v) is 8.17. The minimum Gasteiger partial charge on any atom is -0.496 e. The Morgan fingerprint density at radius 3 is 3.00 bits per heavy atom. The molecular formula is C18H22N2O. The summed E-state index contributed by atoms with van der Waals surface area (Å²) in [4.78, 5) is 6.52. The number of hydrogen-bond acceptors (Lipinski definition) is 2. The van der Waals surface area contributed by atoms with Gasteiger partial charge in [-0.05, 0) is 55.4 Å². The van der Waals surface area contributed by atoms with Crippen molar-refractivity contribution in [2.45, 2.75) is 38.1 Å². The van der Waals surface area contributed by atoms with Gasteiger partial charge >= 0.3 is 0 Å². The number of rotatable bonds is 1. The SMILES string of the molecule is COc1cc2c3c([nH]c2cc1C)[C@@H]1C[C@H]2C[C@@H]1N(CC3)C2. The van der Waals surface area contributed by atoms with E-state index in [9.17, 15) is 0 Å². The Hall–Kier alpha value is -1.48. The smallest absolute Gasteiger partial charge is 0.122 e. The topological polar surface area (TPSA) is 28.3 Å². The van der Waals surface area contributed by atoms with Gasteiger partial charge in [-0.3, -0.25) is 4.90 Å². The number of piperidine rings is 1. The molecule has 3 heteroatoms. The Morgan fingerprint density at radius 1 is 1.29 bits per heavy atom. The second-order valence-corrected chi connectivity index (χ2v) is 7.14. The van der Waals surface area contributed by atoms with E-state index >= 15 is 0 Å². The van der Waals surface area contributed by atoms with Gasteiger partial charge in [0, 0.05) is 41.6 Å². The molecule has 2 bridgehead atoms. The van der Waals surface area contributed by atoms with Crippen molar-refractivity contribution in [3.63, 3.8) is 0 Å². The van der Waals surface area contributed by atoms with Crippen molar-refractivity contribution in [3.05, 3.63) is 29.0 Å². The molecule has 0 radical (unpaired) electrons. The van der Waals surface area contributed by atoms with Crippen LogP contribution in [-0.4, -0.2) is 36.1 Å². The molecule has 1 aromatic heterocycles. The van der Waals surface area contributed by atoms with Gasteiger partial charge in [-0.1, -0.05) is 0 Å². The second-order valence-electron chi connectivity index (χ2n) is 7.14. The molecule has 2 aromatic rings. The summed E-state index contributed by atoms with van der Waals surface area (Å²) >= 11 is 0. The van der Waals surface area contributed by atoms with Gasteiger partial charge in [-0.2, -0.15) is 0 Å². The van der Waals surface area contributed by atoms with E-state index in [0.29, 0.717) is 0 Å². The van der Waals surface area contributed by atoms with E-state index in [1.54, 1.807) is 12.7 Å². The summed E-state index contributed by atoms with van der Waals surface area (Å²) in [5.74, 6) is 2.69. The number of H-pyrrole nitrogens is 1. The summed E-state index contributed by atoms with van der Waals surface area (Å²) in [6.45, 7) is 4.70. The van der Waals surface area contributed by atoms with Crippen molar-refractivity contribution >= 4 is 10.9 Å². The Labute approximate surface area is 125 Å². The van der Waals surface area contributed by atoms with Crippen LogP contribution in [0.4, 0.5) is 0 Å². The maximum atomic E-state index is 5.54. The van der Waals surface area contributed by atoms with Crippen LogP contribution in [0.1, 0.15) is 35.6 Å². The highest BCUT2D eigenvalue weighted by molar-refractivity contribution is 5.87. The van der Waals surface area contributed by atoms with Crippen LogP contribution in [0.3, 0.4) is 0 Å². The molecule has 3 aliphatic rings. The van der Waals surface area contributed by atoms with Crippen LogP contribution >= 0.6 is 0 Å².